The van der Waals surface area contributed by atoms with Gasteiger partial charge in [-0.1, -0.05) is 29.8 Å². The van der Waals surface area contributed by atoms with E-state index in [1.165, 1.54) is 0 Å². The molecular weight excluding hydrogens is 276 g/mol. The maximum absolute atomic E-state index is 11.8. The molecule has 2 unspecified atom stereocenters. The summed E-state index contributed by atoms with van der Waals surface area (Å²) in [5.41, 5.74) is 1.04. The van der Waals surface area contributed by atoms with Crippen molar-refractivity contribution in [3.8, 4) is 0 Å². The second-order valence-corrected chi connectivity index (χ2v) is 5.59. The summed E-state index contributed by atoms with van der Waals surface area (Å²) in [7, 11) is 0. The first-order valence-electron chi connectivity index (χ1n) is 7.04. The first-order chi connectivity index (χ1) is 9.65. The van der Waals surface area contributed by atoms with Crippen molar-refractivity contribution < 1.29 is 9.53 Å². The lowest BCUT2D eigenvalue weighted by atomic mass is 10.1. The number of urea groups is 1. The number of carbonyl (C=O) groups excluding carboxylic acids is 1. The molecule has 0 aliphatic carbocycles. The van der Waals surface area contributed by atoms with E-state index in [1.54, 1.807) is 0 Å². The highest BCUT2D eigenvalue weighted by Gasteiger charge is 2.16. The molecule has 110 valence electrons. The van der Waals surface area contributed by atoms with E-state index in [0.29, 0.717) is 13.0 Å². The van der Waals surface area contributed by atoms with Crippen LogP contribution >= 0.6 is 11.6 Å². The molecule has 1 fully saturated rings. The normalized spacial score (nSPS) is 19.6. The Morgan fingerprint density at radius 1 is 1.50 bits per heavy atom. The van der Waals surface area contributed by atoms with Crippen LogP contribution in [0.15, 0.2) is 24.3 Å². The Bertz CT molecular complexity index is 447. The van der Waals surface area contributed by atoms with Crippen molar-refractivity contribution in [3.05, 3.63) is 34.9 Å². The number of benzene rings is 1. The van der Waals surface area contributed by atoms with Crippen LogP contribution in [-0.2, 0) is 11.2 Å². The van der Waals surface area contributed by atoms with Gasteiger partial charge in [-0.05, 0) is 37.8 Å². The molecule has 2 rings (SSSR count). The van der Waals surface area contributed by atoms with Crippen molar-refractivity contribution in [1.82, 2.24) is 10.6 Å². The fourth-order valence-electron chi connectivity index (χ4n) is 2.33. The molecule has 1 heterocycles. The minimum atomic E-state index is -0.153. The molecule has 0 aromatic heterocycles. The van der Waals surface area contributed by atoms with Gasteiger partial charge in [0, 0.05) is 24.2 Å². The van der Waals surface area contributed by atoms with Gasteiger partial charge in [-0.3, -0.25) is 0 Å². The van der Waals surface area contributed by atoms with Crippen LogP contribution in [0.5, 0.6) is 0 Å². The van der Waals surface area contributed by atoms with Crippen LogP contribution in [0.4, 0.5) is 4.79 Å². The zero-order valence-electron chi connectivity index (χ0n) is 11.7. The second kappa shape index (κ2) is 7.50. The zero-order chi connectivity index (χ0) is 14.4. The molecule has 1 aromatic rings. The summed E-state index contributed by atoms with van der Waals surface area (Å²) >= 11 is 6.11. The Morgan fingerprint density at radius 2 is 2.30 bits per heavy atom. The minimum absolute atomic E-state index is 0.0272. The fourth-order valence-corrected chi connectivity index (χ4v) is 2.54. The van der Waals surface area contributed by atoms with E-state index in [4.69, 9.17) is 16.3 Å². The van der Waals surface area contributed by atoms with E-state index in [0.717, 1.165) is 30.0 Å². The van der Waals surface area contributed by atoms with Crippen molar-refractivity contribution in [2.45, 2.75) is 38.3 Å². The molecule has 4 nitrogen and oxygen atoms in total. The summed E-state index contributed by atoms with van der Waals surface area (Å²) in [5, 5.41) is 6.50. The standard InChI is InChI=1S/C15H21ClN2O2/c1-11(9-12-5-2-3-7-14(12)16)18-15(19)17-10-13-6-4-8-20-13/h2-3,5,7,11,13H,4,6,8-10H2,1H3,(H2,17,18,19). The predicted octanol–water partition coefficient (Wildman–Crippen LogP) is 2.75. The van der Waals surface area contributed by atoms with Crippen LogP contribution in [0.1, 0.15) is 25.3 Å². The van der Waals surface area contributed by atoms with Gasteiger partial charge in [0.2, 0.25) is 0 Å². The van der Waals surface area contributed by atoms with E-state index in [9.17, 15) is 4.79 Å². The summed E-state index contributed by atoms with van der Waals surface area (Å²) in [4.78, 5) is 11.8. The van der Waals surface area contributed by atoms with Gasteiger partial charge in [0.15, 0.2) is 0 Å². The fraction of sp³-hybridized carbons (Fsp3) is 0.533. The van der Waals surface area contributed by atoms with Gasteiger partial charge in [-0.2, -0.15) is 0 Å². The molecule has 0 saturated carbocycles. The second-order valence-electron chi connectivity index (χ2n) is 5.19. The lowest BCUT2D eigenvalue weighted by Gasteiger charge is -2.17. The van der Waals surface area contributed by atoms with Gasteiger partial charge in [0.25, 0.3) is 0 Å². The highest BCUT2D eigenvalue weighted by atomic mass is 35.5. The molecule has 0 radical (unpaired) electrons. The van der Waals surface area contributed by atoms with Crippen molar-refractivity contribution in [2.24, 2.45) is 0 Å². The largest absolute Gasteiger partial charge is 0.376 e. The SMILES string of the molecule is CC(Cc1ccccc1Cl)NC(=O)NCC1CCCO1. The number of halogens is 1. The van der Waals surface area contributed by atoms with Crippen molar-refractivity contribution in [2.75, 3.05) is 13.2 Å². The van der Waals surface area contributed by atoms with E-state index in [2.05, 4.69) is 10.6 Å². The van der Waals surface area contributed by atoms with Crippen LogP contribution < -0.4 is 10.6 Å². The Hall–Kier alpha value is -1.26. The van der Waals surface area contributed by atoms with Gasteiger partial charge in [0.05, 0.1) is 6.10 Å². The van der Waals surface area contributed by atoms with Crippen LogP contribution in [-0.4, -0.2) is 31.3 Å². The highest BCUT2D eigenvalue weighted by Crippen LogP contribution is 2.16. The van der Waals surface area contributed by atoms with Crippen LogP contribution in [0.2, 0.25) is 5.02 Å². The maximum atomic E-state index is 11.8. The van der Waals surface area contributed by atoms with E-state index >= 15 is 0 Å². The van der Waals surface area contributed by atoms with Crippen LogP contribution in [0.25, 0.3) is 0 Å². The minimum Gasteiger partial charge on any atom is -0.376 e. The Balaban J connectivity index is 1.72. The number of ether oxygens (including phenoxy) is 1. The Labute approximate surface area is 124 Å². The first kappa shape index (κ1) is 15.1. The Kier molecular flexibility index (Phi) is 5.68. The lowest BCUT2D eigenvalue weighted by molar-refractivity contribution is 0.111. The monoisotopic (exact) mass is 296 g/mol. The summed E-state index contributed by atoms with van der Waals surface area (Å²) in [6.07, 6.45) is 2.99. The number of nitrogens with one attached hydrogen (secondary N) is 2. The average Bonchev–Trinajstić information content (AvgIpc) is 2.92. The molecule has 0 spiro atoms. The van der Waals surface area contributed by atoms with E-state index in [1.807, 2.05) is 31.2 Å². The maximum Gasteiger partial charge on any atom is 0.315 e. The lowest BCUT2D eigenvalue weighted by Crippen LogP contribution is -2.44. The van der Waals surface area contributed by atoms with Crippen molar-refractivity contribution in [3.63, 3.8) is 0 Å². The van der Waals surface area contributed by atoms with Crippen molar-refractivity contribution in [1.29, 1.82) is 0 Å². The molecule has 1 saturated heterocycles. The summed E-state index contributed by atoms with van der Waals surface area (Å²) in [5.74, 6) is 0. The molecule has 1 aliphatic heterocycles. The van der Waals surface area contributed by atoms with Gasteiger partial charge >= 0.3 is 6.03 Å². The molecule has 1 aliphatic rings. The molecular formula is C15H21ClN2O2. The van der Waals surface area contributed by atoms with Gasteiger partial charge < -0.3 is 15.4 Å². The number of hydrogen-bond donors (Lipinski definition) is 2. The van der Waals surface area contributed by atoms with Crippen LogP contribution in [0.3, 0.4) is 0 Å². The van der Waals surface area contributed by atoms with Gasteiger partial charge in [0.1, 0.15) is 0 Å². The third-order valence-corrected chi connectivity index (χ3v) is 3.74. The molecule has 1 aromatic carbocycles. The summed E-state index contributed by atoms with van der Waals surface area (Å²) in [6.45, 7) is 3.34. The van der Waals surface area contributed by atoms with Gasteiger partial charge in [-0.25, -0.2) is 4.79 Å². The van der Waals surface area contributed by atoms with Gasteiger partial charge in [-0.15, -0.1) is 0 Å². The highest BCUT2D eigenvalue weighted by molar-refractivity contribution is 6.31. The summed E-state index contributed by atoms with van der Waals surface area (Å²) < 4.78 is 5.46. The zero-order valence-corrected chi connectivity index (χ0v) is 12.5. The smallest absolute Gasteiger partial charge is 0.315 e. The third-order valence-electron chi connectivity index (χ3n) is 3.38. The molecule has 2 N–H and O–H groups in total. The first-order valence-corrected chi connectivity index (χ1v) is 7.42. The molecule has 20 heavy (non-hydrogen) atoms. The third kappa shape index (κ3) is 4.69. The molecule has 0 bridgehead atoms. The van der Waals surface area contributed by atoms with E-state index < -0.39 is 0 Å². The topological polar surface area (TPSA) is 50.4 Å². The van der Waals surface area contributed by atoms with E-state index in [-0.39, 0.29) is 18.2 Å². The predicted molar refractivity (Wildman–Crippen MR) is 80.1 cm³/mol. The molecule has 5 heteroatoms. The number of carbonyl (C=O) groups is 1. The number of amides is 2. The molecule has 2 amide bonds. The van der Waals surface area contributed by atoms with Crippen molar-refractivity contribution >= 4 is 17.6 Å². The quantitative estimate of drug-likeness (QED) is 0.878. The molecule has 2 atom stereocenters. The summed E-state index contributed by atoms with van der Waals surface area (Å²) in [6, 6.07) is 7.56. The Morgan fingerprint density at radius 3 is 3.00 bits per heavy atom. The average molecular weight is 297 g/mol. The number of rotatable bonds is 5. The number of hydrogen-bond acceptors (Lipinski definition) is 2. The van der Waals surface area contributed by atoms with Crippen LogP contribution in [0, 0.1) is 0 Å².